The average molecular weight is 277 g/mol. The van der Waals surface area contributed by atoms with Gasteiger partial charge >= 0.3 is 5.97 Å². The monoisotopic (exact) mass is 277 g/mol. The Labute approximate surface area is 120 Å². The molecule has 1 aliphatic carbocycles. The van der Waals surface area contributed by atoms with Gasteiger partial charge in [-0.25, -0.2) is 0 Å². The minimum Gasteiger partial charge on any atom is -0.481 e. The van der Waals surface area contributed by atoms with Crippen molar-refractivity contribution < 1.29 is 14.6 Å². The summed E-state index contributed by atoms with van der Waals surface area (Å²) in [6, 6.07) is 8.04. The molecule has 0 radical (unpaired) electrons. The number of rotatable bonds is 6. The van der Waals surface area contributed by atoms with E-state index in [0.717, 1.165) is 24.0 Å². The average Bonchev–Trinajstić information content (AvgIpc) is 2.46. The lowest BCUT2D eigenvalue weighted by Gasteiger charge is -2.31. The van der Waals surface area contributed by atoms with E-state index in [-0.39, 0.29) is 12.5 Å². The molecule has 2 atom stereocenters. The second-order valence-electron chi connectivity index (χ2n) is 5.37. The van der Waals surface area contributed by atoms with Crippen molar-refractivity contribution in [3.8, 4) is 0 Å². The van der Waals surface area contributed by atoms with Gasteiger partial charge in [0.15, 0.2) is 0 Å². The minimum atomic E-state index is -0.803. The highest BCUT2D eigenvalue weighted by atomic mass is 16.5. The molecule has 2 N–H and O–H groups in total. The number of carboxylic acid groups (broad SMARTS) is 1. The summed E-state index contributed by atoms with van der Waals surface area (Å²) in [4.78, 5) is 10.9. The van der Waals surface area contributed by atoms with Crippen LogP contribution in [0.1, 0.15) is 36.8 Å². The molecule has 0 amide bonds. The largest absolute Gasteiger partial charge is 0.481 e. The van der Waals surface area contributed by atoms with Crippen LogP contribution in [0.2, 0.25) is 0 Å². The molecule has 2 rings (SSSR count). The molecule has 0 aliphatic heterocycles. The van der Waals surface area contributed by atoms with Crippen LogP contribution in [0.3, 0.4) is 0 Å². The molecule has 4 nitrogen and oxygen atoms in total. The fourth-order valence-corrected chi connectivity index (χ4v) is 2.86. The highest BCUT2D eigenvalue weighted by Crippen LogP contribution is 2.23. The third-order valence-electron chi connectivity index (χ3n) is 3.99. The van der Waals surface area contributed by atoms with Crippen LogP contribution in [0.5, 0.6) is 0 Å². The molecule has 1 aliphatic rings. The van der Waals surface area contributed by atoms with Crippen molar-refractivity contribution in [1.82, 2.24) is 5.32 Å². The molecule has 1 fully saturated rings. The number of carboxylic acids is 1. The first kappa shape index (κ1) is 15.0. The maximum atomic E-state index is 10.9. The standard InChI is InChI=1S/C16H23NO3/c1-17-14-8-4-5-9-15(14)20-11-13-7-3-2-6-12(13)10-16(18)19/h2-3,6-7,14-15,17H,4-5,8-11H2,1H3,(H,18,19). The Balaban J connectivity index is 1.97. The van der Waals surface area contributed by atoms with Crippen molar-refractivity contribution in [3.63, 3.8) is 0 Å². The van der Waals surface area contributed by atoms with Crippen LogP contribution in [-0.4, -0.2) is 30.3 Å². The van der Waals surface area contributed by atoms with Gasteiger partial charge in [-0.1, -0.05) is 37.1 Å². The van der Waals surface area contributed by atoms with Gasteiger partial charge in [0.2, 0.25) is 0 Å². The maximum Gasteiger partial charge on any atom is 0.307 e. The van der Waals surface area contributed by atoms with Gasteiger partial charge in [0.25, 0.3) is 0 Å². The number of hydrogen-bond acceptors (Lipinski definition) is 3. The predicted molar refractivity (Wildman–Crippen MR) is 77.7 cm³/mol. The third-order valence-corrected chi connectivity index (χ3v) is 3.99. The Bertz CT molecular complexity index is 447. The normalized spacial score (nSPS) is 22.6. The number of aliphatic carboxylic acids is 1. The van der Waals surface area contributed by atoms with E-state index in [9.17, 15) is 4.79 Å². The highest BCUT2D eigenvalue weighted by Gasteiger charge is 2.24. The molecule has 2 unspecified atom stereocenters. The van der Waals surface area contributed by atoms with Gasteiger partial charge in [-0.05, 0) is 31.0 Å². The van der Waals surface area contributed by atoms with Crippen LogP contribution < -0.4 is 5.32 Å². The van der Waals surface area contributed by atoms with Gasteiger partial charge in [0.1, 0.15) is 0 Å². The first-order valence-corrected chi connectivity index (χ1v) is 7.28. The number of nitrogens with one attached hydrogen (secondary N) is 1. The number of benzene rings is 1. The summed E-state index contributed by atoms with van der Waals surface area (Å²) < 4.78 is 6.04. The van der Waals surface area contributed by atoms with Crippen molar-refractivity contribution >= 4 is 5.97 Å². The fraction of sp³-hybridized carbons (Fsp3) is 0.562. The number of hydrogen-bond donors (Lipinski definition) is 2. The highest BCUT2D eigenvalue weighted by molar-refractivity contribution is 5.70. The molecule has 1 aromatic rings. The van der Waals surface area contributed by atoms with Gasteiger partial charge in [-0.3, -0.25) is 4.79 Å². The maximum absolute atomic E-state index is 10.9. The molecule has 1 saturated carbocycles. The van der Waals surface area contributed by atoms with Gasteiger partial charge in [0.05, 0.1) is 19.1 Å². The third kappa shape index (κ3) is 4.05. The molecule has 0 bridgehead atoms. The Morgan fingerprint density at radius 3 is 2.70 bits per heavy atom. The van der Waals surface area contributed by atoms with E-state index < -0.39 is 5.97 Å². The Morgan fingerprint density at radius 2 is 2.00 bits per heavy atom. The van der Waals surface area contributed by atoms with Crippen molar-refractivity contribution in [2.75, 3.05) is 7.05 Å². The predicted octanol–water partition coefficient (Wildman–Crippen LogP) is 2.36. The Morgan fingerprint density at radius 1 is 1.30 bits per heavy atom. The summed E-state index contributed by atoms with van der Waals surface area (Å²) in [6.07, 6.45) is 4.97. The zero-order valence-electron chi connectivity index (χ0n) is 12.0. The quantitative estimate of drug-likeness (QED) is 0.838. The van der Waals surface area contributed by atoms with Crippen LogP contribution in [0, 0.1) is 0 Å². The van der Waals surface area contributed by atoms with Crippen molar-refractivity contribution in [2.45, 2.75) is 50.9 Å². The zero-order valence-corrected chi connectivity index (χ0v) is 12.0. The van der Waals surface area contributed by atoms with Crippen LogP contribution in [0.15, 0.2) is 24.3 Å². The molecule has 20 heavy (non-hydrogen) atoms. The first-order valence-electron chi connectivity index (χ1n) is 7.28. The van der Waals surface area contributed by atoms with E-state index in [1.807, 2.05) is 31.3 Å². The summed E-state index contributed by atoms with van der Waals surface area (Å²) in [5, 5.41) is 12.3. The SMILES string of the molecule is CNC1CCCCC1OCc1ccccc1CC(=O)O. The molecule has 0 heterocycles. The van der Waals surface area contributed by atoms with E-state index in [2.05, 4.69) is 5.32 Å². The Hall–Kier alpha value is -1.39. The summed E-state index contributed by atoms with van der Waals surface area (Å²) in [6.45, 7) is 0.492. The van der Waals surface area contributed by atoms with Crippen molar-refractivity contribution in [1.29, 1.82) is 0 Å². The van der Waals surface area contributed by atoms with E-state index in [1.165, 1.54) is 12.8 Å². The van der Waals surface area contributed by atoms with Gasteiger partial charge < -0.3 is 15.2 Å². The summed E-state index contributed by atoms with van der Waals surface area (Å²) in [5.74, 6) is -0.803. The molecular formula is C16H23NO3. The lowest BCUT2D eigenvalue weighted by Crippen LogP contribution is -2.41. The van der Waals surface area contributed by atoms with E-state index >= 15 is 0 Å². The van der Waals surface area contributed by atoms with Gasteiger partial charge in [0, 0.05) is 6.04 Å². The van der Waals surface area contributed by atoms with E-state index in [1.54, 1.807) is 0 Å². The smallest absolute Gasteiger partial charge is 0.307 e. The molecule has 110 valence electrons. The van der Waals surface area contributed by atoms with Crippen molar-refractivity contribution in [3.05, 3.63) is 35.4 Å². The lowest BCUT2D eigenvalue weighted by atomic mass is 9.92. The van der Waals surface area contributed by atoms with Crippen molar-refractivity contribution in [2.24, 2.45) is 0 Å². The van der Waals surface area contributed by atoms with Gasteiger partial charge in [-0.15, -0.1) is 0 Å². The van der Waals surface area contributed by atoms with Crippen LogP contribution in [0.4, 0.5) is 0 Å². The summed E-state index contributed by atoms with van der Waals surface area (Å²) in [7, 11) is 1.98. The van der Waals surface area contributed by atoms with Crippen LogP contribution >= 0.6 is 0 Å². The number of carbonyl (C=O) groups is 1. The topological polar surface area (TPSA) is 58.6 Å². The number of ether oxygens (including phenoxy) is 1. The van der Waals surface area contributed by atoms with Crippen LogP contribution in [-0.2, 0) is 22.6 Å². The van der Waals surface area contributed by atoms with Gasteiger partial charge in [-0.2, -0.15) is 0 Å². The minimum absolute atomic E-state index is 0.0552. The van der Waals surface area contributed by atoms with Crippen LogP contribution in [0.25, 0.3) is 0 Å². The molecule has 4 heteroatoms. The van der Waals surface area contributed by atoms with E-state index in [4.69, 9.17) is 9.84 Å². The molecule has 0 spiro atoms. The Kier molecular flexibility index (Phi) is 5.56. The van der Waals surface area contributed by atoms with E-state index in [0.29, 0.717) is 12.6 Å². The second kappa shape index (κ2) is 7.41. The zero-order chi connectivity index (χ0) is 14.4. The second-order valence-corrected chi connectivity index (χ2v) is 5.37. The molecule has 0 saturated heterocycles. The number of likely N-dealkylation sites (N-methyl/N-ethyl adjacent to an activating group) is 1. The summed E-state index contributed by atoms with van der Waals surface area (Å²) >= 11 is 0. The molecule has 1 aromatic carbocycles. The molecule has 0 aromatic heterocycles. The fourth-order valence-electron chi connectivity index (χ4n) is 2.86. The first-order chi connectivity index (χ1) is 9.70. The molecular weight excluding hydrogens is 254 g/mol. The summed E-state index contributed by atoms with van der Waals surface area (Å²) in [5.41, 5.74) is 1.83. The lowest BCUT2D eigenvalue weighted by molar-refractivity contribution is -0.136.